The Hall–Kier alpha value is -2.82. The second-order valence-electron chi connectivity index (χ2n) is 8.77. The van der Waals surface area contributed by atoms with Crippen molar-refractivity contribution < 1.29 is 22.4 Å². The van der Waals surface area contributed by atoms with Crippen molar-refractivity contribution in [3.8, 4) is 0 Å². The van der Waals surface area contributed by atoms with Crippen LogP contribution in [0.25, 0.3) is 0 Å². The number of aromatic nitrogens is 2. The normalized spacial score (nSPS) is 23.8. The molecule has 2 aromatic rings. The van der Waals surface area contributed by atoms with E-state index in [9.17, 15) is 22.4 Å². The number of piperidine rings is 2. The third kappa shape index (κ3) is 4.98. The number of likely N-dealkylation sites (tertiary alicyclic amines) is 1. The molecule has 3 heterocycles. The Morgan fingerprint density at radius 3 is 2.68 bits per heavy atom. The summed E-state index contributed by atoms with van der Waals surface area (Å²) in [5, 5.41) is 2.87. The molecule has 1 aromatic carbocycles. The van der Waals surface area contributed by atoms with Crippen molar-refractivity contribution in [2.24, 2.45) is 5.92 Å². The van der Waals surface area contributed by atoms with Gasteiger partial charge >= 0.3 is 6.18 Å². The van der Waals surface area contributed by atoms with Crippen molar-refractivity contribution in [3.63, 3.8) is 0 Å². The van der Waals surface area contributed by atoms with Gasteiger partial charge in [-0.25, -0.2) is 9.97 Å². The van der Waals surface area contributed by atoms with E-state index in [1.165, 1.54) is 12.4 Å². The molecule has 184 valence electrons. The monoisotopic (exact) mass is 500 g/mol. The molecule has 0 radical (unpaired) electrons. The maximum atomic E-state index is 14.5. The van der Waals surface area contributed by atoms with Crippen LogP contribution < -0.4 is 16.0 Å². The van der Waals surface area contributed by atoms with Crippen LogP contribution in [0.1, 0.15) is 31.7 Å². The number of carbonyl (C=O) groups excluding carboxylic acids is 1. The predicted octanol–water partition coefficient (Wildman–Crippen LogP) is 4.19. The lowest BCUT2D eigenvalue weighted by atomic mass is 9.89. The third-order valence-corrected chi connectivity index (χ3v) is 6.67. The van der Waals surface area contributed by atoms with E-state index < -0.39 is 23.6 Å². The molecule has 2 fully saturated rings. The van der Waals surface area contributed by atoms with E-state index in [1.807, 2.05) is 6.92 Å². The van der Waals surface area contributed by atoms with Gasteiger partial charge in [-0.3, -0.25) is 4.79 Å². The van der Waals surface area contributed by atoms with E-state index >= 15 is 0 Å². The second kappa shape index (κ2) is 9.44. The average molecular weight is 501 g/mol. The number of hydrogen-bond acceptors (Lipinski definition) is 6. The first kappa shape index (κ1) is 24.3. The number of benzene rings is 1. The topological polar surface area (TPSA) is 87.4 Å². The molecule has 34 heavy (non-hydrogen) atoms. The lowest BCUT2D eigenvalue weighted by molar-refractivity contribution is -0.138. The molecule has 3 atom stereocenters. The summed E-state index contributed by atoms with van der Waals surface area (Å²) in [4.78, 5) is 24.6. The largest absolute Gasteiger partial charge is 0.416 e. The fraction of sp³-hybridized carbons (Fsp3) is 0.500. The van der Waals surface area contributed by atoms with Crippen LogP contribution in [0.15, 0.2) is 24.5 Å². The minimum absolute atomic E-state index is 0.0693. The molecule has 2 saturated heterocycles. The fourth-order valence-electron chi connectivity index (χ4n) is 4.64. The summed E-state index contributed by atoms with van der Waals surface area (Å²) in [6.07, 6.45) is -1.49. The van der Waals surface area contributed by atoms with Gasteiger partial charge in [-0.05, 0) is 43.4 Å². The molecule has 3 N–H and O–H groups in total. The molecule has 0 unspecified atom stereocenters. The van der Waals surface area contributed by atoms with Crippen LogP contribution in [0.5, 0.6) is 0 Å². The van der Waals surface area contributed by atoms with Crippen LogP contribution in [0.2, 0.25) is 5.02 Å². The number of alkyl halides is 3. The van der Waals surface area contributed by atoms with Crippen molar-refractivity contribution in [1.82, 2.24) is 14.9 Å². The van der Waals surface area contributed by atoms with E-state index in [2.05, 4.69) is 15.3 Å². The Morgan fingerprint density at radius 1 is 1.18 bits per heavy atom. The highest BCUT2D eigenvalue weighted by Crippen LogP contribution is 2.34. The summed E-state index contributed by atoms with van der Waals surface area (Å²) < 4.78 is 54.0. The maximum absolute atomic E-state index is 14.5. The number of amides is 1. The van der Waals surface area contributed by atoms with Gasteiger partial charge in [0.2, 0.25) is 11.7 Å². The number of nitrogens with two attached hydrogens (primary N) is 1. The van der Waals surface area contributed by atoms with E-state index in [0.29, 0.717) is 38.9 Å². The van der Waals surface area contributed by atoms with Gasteiger partial charge < -0.3 is 20.9 Å². The number of halogens is 5. The first-order valence-corrected chi connectivity index (χ1v) is 11.4. The molecule has 0 aliphatic carbocycles. The summed E-state index contributed by atoms with van der Waals surface area (Å²) in [6.45, 7) is 3.46. The minimum atomic E-state index is -4.55. The van der Waals surface area contributed by atoms with Crippen LogP contribution in [0.4, 0.5) is 34.9 Å². The molecule has 2 aliphatic heterocycles. The highest BCUT2D eigenvalue weighted by Gasteiger charge is 2.39. The summed E-state index contributed by atoms with van der Waals surface area (Å²) in [5.74, 6) is -0.896. The molecule has 1 aromatic heterocycles. The van der Waals surface area contributed by atoms with Gasteiger partial charge in [-0.2, -0.15) is 17.6 Å². The van der Waals surface area contributed by atoms with Crippen molar-refractivity contribution >= 4 is 34.8 Å². The molecule has 0 bridgehead atoms. The Kier molecular flexibility index (Phi) is 6.75. The lowest BCUT2D eigenvalue weighted by Gasteiger charge is -2.46. The fourth-order valence-corrected chi connectivity index (χ4v) is 4.88. The van der Waals surface area contributed by atoms with Gasteiger partial charge in [0, 0.05) is 30.3 Å². The highest BCUT2D eigenvalue weighted by molar-refractivity contribution is 6.31. The Balaban J connectivity index is 1.52. The summed E-state index contributed by atoms with van der Waals surface area (Å²) in [5.41, 5.74) is 4.84. The zero-order valence-electron chi connectivity index (χ0n) is 18.4. The number of carbonyl (C=O) groups is 1. The van der Waals surface area contributed by atoms with Gasteiger partial charge in [0.25, 0.3) is 0 Å². The molecule has 7 nitrogen and oxygen atoms in total. The Bertz CT molecular complexity index is 1070. The van der Waals surface area contributed by atoms with E-state index in [0.717, 1.165) is 12.1 Å². The average Bonchev–Trinajstić information content (AvgIpc) is 2.77. The molecule has 4 rings (SSSR count). The number of nitrogens with zero attached hydrogens (tertiary/aromatic N) is 4. The smallest absolute Gasteiger partial charge is 0.381 e. The van der Waals surface area contributed by atoms with E-state index in [-0.39, 0.29) is 40.2 Å². The second-order valence-corrected chi connectivity index (χ2v) is 9.21. The van der Waals surface area contributed by atoms with Crippen molar-refractivity contribution in [1.29, 1.82) is 0 Å². The Morgan fingerprint density at radius 2 is 1.94 bits per heavy atom. The molecule has 2 aliphatic rings. The molecular weight excluding hydrogens is 476 g/mol. The first-order valence-electron chi connectivity index (χ1n) is 11.0. The van der Waals surface area contributed by atoms with Crippen molar-refractivity contribution in [2.75, 3.05) is 35.6 Å². The van der Waals surface area contributed by atoms with Crippen LogP contribution in [-0.2, 0) is 11.0 Å². The number of nitrogen functional groups attached to an aromatic ring is 1. The SMILES string of the molecule is C[C@H]1CCN(c2ncnc(N)c2F)C[C@@H]1N1CCC[C@@H](Nc2cc(Cl)cc(C(F)(F)F)c2)C1=O. The van der Waals surface area contributed by atoms with Gasteiger partial charge in [0.1, 0.15) is 12.4 Å². The Labute approximate surface area is 199 Å². The highest BCUT2D eigenvalue weighted by atomic mass is 35.5. The zero-order valence-corrected chi connectivity index (χ0v) is 19.2. The molecule has 0 saturated carbocycles. The van der Waals surface area contributed by atoms with Crippen LogP contribution in [-0.4, -0.2) is 52.5 Å². The quantitative estimate of drug-likeness (QED) is 0.612. The minimum Gasteiger partial charge on any atom is -0.381 e. The van der Waals surface area contributed by atoms with E-state index in [1.54, 1.807) is 9.80 Å². The van der Waals surface area contributed by atoms with Crippen LogP contribution >= 0.6 is 11.6 Å². The number of rotatable bonds is 4. The number of hydrogen-bond donors (Lipinski definition) is 2. The van der Waals surface area contributed by atoms with Gasteiger partial charge in [0.15, 0.2) is 11.6 Å². The van der Waals surface area contributed by atoms with Crippen molar-refractivity contribution in [3.05, 3.63) is 40.9 Å². The van der Waals surface area contributed by atoms with Crippen LogP contribution in [0.3, 0.4) is 0 Å². The van der Waals surface area contributed by atoms with Crippen LogP contribution in [0, 0.1) is 11.7 Å². The van der Waals surface area contributed by atoms with Gasteiger partial charge in [0.05, 0.1) is 11.6 Å². The molecule has 0 spiro atoms. The van der Waals surface area contributed by atoms with Gasteiger partial charge in [-0.15, -0.1) is 0 Å². The number of nitrogens with one attached hydrogen (secondary N) is 1. The summed E-state index contributed by atoms with van der Waals surface area (Å²) >= 11 is 5.89. The molecular formula is C22H25ClF4N6O. The lowest BCUT2D eigenvalue weighted by Crippen LogP contribution is -2.59. The first-order chi connectivity index (χ1) is 16.0. The van der Waals surface area contributed by atoms with Crippen molar-refractivity contribution in [2.45, 2.75) is 44.4 Å². The maximum Gasteiger partial charge on any atom is 0.416 e. The summed E-state index contributed by atoms with van der Waals surface area (Å²) in [7, 11) is 0. The zero-order chi connectivity index (χ0) is 24.6. The number of anilines is 3. The molecule has 12 heteroatoms. The van der Waals surface area contributed by atoms with E-state index in [4.69, 9.17) is 17.3 Å². The molecule has 1 amide bonds. The standard InChI is InChI=1S/C22H25ClF4N6O/c1-12-4-6-32(20-18(24)19(28)29-11-30-20)10-17(12)33-5-2-3-16(21(33)34)31-15-8-13(22(25,26)27)7-14(23)9-15/h7-9,11-12,16-17,31H,2-6,10H2,1H3,(H2,28,29,30)/t12-,16+,17-/m0/s1. The van der Waals surface area contributed by atoms with Gasteiger partial charge in [-0.1, -0.05) is 18.5 Å². The third-order valence-electron chi connectivity index (χ3n) is 6.46. The predicted molar refractivity (Wildman–Crippen MR) is 121 cm³/mol. The summed E-state index contributed by atoms with van der Waals surface area (Å²) in [6, 6.07) is 2.26.